The third-order valence-electron chi connectivity index (χ3n) is 6.91. The van der Waals surface area contributed by atoms with Crippen LogP contribution in [0.3, 0.4) is 0 Å². The molecule has 2 heterocycles. The van der Waals surface area contributed by atoms with E-state index in [2.05, 4.69) is 10.2 Å². The van der Waals surface area contributed by atoms with Crippen LogP contribution >= 0.6 is 10.9 Å². The smallest absolute Gasteiger partial charge is 0.341 e. The molecule has 1 unspecified atom stereocenters. The van der Waals surface area contributed by atoms with Gasteiger partial charge >= 0.3 is 10.1 Å². The van der Waals surface area contributed by atoms with Gasteiger partial charge in [-0.3, -0.25) is 4.79 Å². The Labute approximate surface area is 271 Å². The van der Waals surface area contributed by atoms with Crippen molar-refractivity contribution in [3.63, 3.8) is 0 Å². The summed E-state index contributed by atoms with van der Waals surface area (Å²) in [6.45, 7) is 0.0166. The number of benzene rings is 3. The lowest BCUT2D eigenvalue weighted by molar-refractivity contribution is 0.309. The van der Waals surface area contributed by atoms with Crippen LogP contribution in [0, 0.1) is 5.82 Å². The van der Waals surface area contributed by atoms with E-state index in [1.807, 2.05) is 0 Å². The predicted octanol–water partition coefficient (Wildman–Crippen LogP) is 5.13. The molecular weight excluding hydrogens is 659 g/mol. The van der Waals surface area contributed by atoms with Crippen LogP contribution < -0.4 is 33.8 Å². The van der Waals surface area contributed by atoms with Gasteiger partial charge in [-0.2, -0.15) is 8.42 Å². The highest BCUT2D eigenvalue weighted by Gasteiger charge is 2.27. The Kier molecular flexibility index (Phi) is 10.1. The van der Waals surface area contributed by atoms with Gasteiger partial charge in [0.15, 0.2) is 17.3 Å². The van der Waals surface area contributed by atoms with Gasteiger partial charge in [0.05, 0.1) is 47.7 Å². The fraction of sp³-hybridized carbons (Fsp3) is 0.258. The summed E-state index contributed by atoms with van der Waals surface area (Å²) in [6, 6.07) is 10.8. The van der Waals surface area contributed by atoms with Gasteiger partial charge < -0.3 is 37.0 Å². The first-order chi connectivity index (χ1) is 22.6. The van der Waals surface area contributed by atoms with Crippen molar-refractivity contribution in [3.8, 4) is 45.8 Å². The molecule has 0 fully saturated rings. The fourth-order valence-electron chi connectivity index (χ4n) is 4.70. The second-order valence-corrected chi connectivity index (χ2v) is 13.3. The highest BCUT2D eigenvalue weighted by atomic mass is 32.2. The Morgan fingerprint density at radius 3 is 2.23 bits per heavy atom. The molecule has 0 spiro atoms. The summed E-state index contributed by atoms with van der Waals surface area (Å²) in [7, 11) is 1.59. The summed E-state index contributed by atoms with van der Waals surface area (Å²) >= 11 is 0. The van der Waals surface area contributed by atoms with Crippen LogP contribution in [0.1, 0.15) is 6.42 Å². The van der Waals surface area contributed by atoms with E-state index in [0.29, 0.717) is 40.7 Å². The molecule has 0 amide bonds. The van der Waals surface area contributed by atoms with Crippen molar-refractivity contribution in [2.45, 2.75) is 11.3 Å². The number of rotatable bonds is 13. The van der Waals surface area contributed by atoms with Crippen molar-refractivity contribution in [2.24, 2.45) is 10.2 Å². The van der Waals surface area contributed by atoms with E-state index in [9.17, 15) is 17.6 Å². The maximum atomic E-state index is 14.0. The van der Waals surface area contributed by atoms with E-state index < -0.39 is 32.3 Å². The fourth-order valence-corrected chi connectivity index (χ4v) is 7.42. The molecular formula is C31H31FN2O11S2. The zero-order valence-corrected chi connectivity index (χ0v) is 27.6. The molecule has 47 heavy (non-hydrogen) atoms. The Bertz CT molecular complexity index is 2010. The number of nitrogens with zero attached hydrogens (tertiary/aromatic N) is 2. The first kappa shape index (κ1) is 33.4. The van der Waals surface area contributed by atoms with Crippen molar-refractivity contribution in [1.29, 1.82) is 0 Å². The molecule has 1 aromatic heterocycles. The van der Waals surface area contributed by atoms with Crippen molar-refractivity contribution in [3.05, 3.63) is 64.6 Å². The van der Waals surface area contributed by atoms with Gasteiger partial charge in [0.2, 0.25) is 16.9 Å². The first-order valence-electron chi connectivity index (χ1n) is 13.9. The molecule has 0 radical (unpaired) electrons. The topological polar surface area (TPSA) is 154 Å². The van der Waals surface area contributed by atoms with Crippen LogP contribution in [-0.2, 0) is 14.3 Å². The van der Waals surface area contributed by atoms with Crippen molar-refractivity contribution in [2.75, 3.05) is 47.9 Å². The number of hydrogen-bond acceptors (Lipinski definition) is 13. The molecule has 16 heteroatoms. The van der Waals surface area contributed by atoms with Crippen molar-refractivity contribution >= 4 is 42.8 Å². The van der Waals surface area contributed by atoms with Crippen LogP contribution in [0.4, 0.5) is 4.39 Å². The molecule has 1 aliphatic rings. The van der Waals surface area contributed by atoms with E-state index in [0.717, 1.165) is 12.1 Å². The lowest BCUT2D eigenvalue weighted by Crippen LogP contribution is -2.16. The highest BCUT2D eigenvalue weighted by molar-refractivity contribution is 8.40. The molecule has 1 atom stereocenters. The van der Waals surface area contributed by atoms with Crippen LogP contribution in [0.2, 0.25) is 0 Å². The quantitative estimate of drug-likeness (QED) is 0.113. The minimum absolute atomic E-state index is 0.0166. The minimum atomic E-state index is -4.33. The van der Waals surface area contributed by atoms with E-state index in [-0.39, 0.29) is 45.0 Å². The van der Waals surface area contributed by atoms with Crippen molar-refractivity contribution < 1.29 is 49.8 Å². The van der Waals surface area contributed by atoms with Crippen LogP contribution in [0.25, 0.3) is 22.3 Å². The van der Waals surface area contributed by atoms with Crippen LogP contribution in [0.15, 0.2) is 72.8 Å². The summed E-state index contributed by atoms with van der Waals surface area (Å²) in [4.78, 5) is 13.7. The predicted molar refractivity (Wildman–Crippen MR) is 175 cm³/mol. The summed E-state index contributed by atoms with van der Waals surface area (Å²) in [5.41, 5.74) is 1.57. The second kappa shape index (κ2) is 14.2. The number of methoxy groups -OCH3 is 5. The van der Waals surface area contributed by atoms with Crippen molar-refractivity contribution in [1.82, 2.24) is 0 Å². The van der Waals surface area contributed by atoms with Gasteiger partial charge in [-0.25, -0.2) is 4.39 Å². The average Bonchev–Trinajstić information content (AvgIpc) is 3.51. The van der Waals surface area contributed by atoms with Gasteiger partial charge in [-0.1, -0.05) is 6.07 Å². The number of ether oxygens (including phenoxy) is 6. The Morgan fingerprint density at radius 1 is 0.872 bits per heavy atom. The van der Waals surface area contributed by atoms with Gasteiger partial charge in [-0.15, -0.1) is 21.1 Å². The van der Waals surface area contributed by atoms with Gasteiger partial charge in [0.1, 0.15) is 33.2 Å². The highest BCUT2D eigenvalue weighted by Crippen LogP contribution is 2.44. The number of fused-ring (bicyclic) bond motifs is 1. The molecule has 1 aliphatic heterocycles. The van der Waals surface area contributed by atoms with E-state index in [1.54, 1.807) is 24.3 Å². The summed E-state index contributed by atoms with van der Waals surface area (Å²) in [6.07, 6.45) is 0.339. The number of hydrogen-bond donors (Lipinski definition) is 1. The lowest BCUT2D eigenvalue weighted by Gasteiger charge is -2.17. The third-order valence-corrected chi connectivity index (χ3v) is 10.1. The van der Waals surface area contributed by atoms with Gasteiger partial charge in [0, 0.05) is 17.7 Å². The Balaban J connectivity index is 1.44. The molecule has 0 bridgehead atoms. The largest absolute Gasteiger partial charge is 0.496 e. The molecule has 0 aliphatic carbocycles. The second-order valence-electron chi connectivity index (χ2n) is 9.71. The van der Waals surface area contributed by atoms with Crippen LogP contribution in [0.5, 0.6) is 34.5 Å². The average molecular weight is 691 g/mol. The zero-order valence-electron chi connectivity index (χ0n) is 25.9. The maximum absolute atomic E-state index is 14.0. The Morgan fingerprint density at radius 2 is 1.60 bits per heavy atom. The van der Waals surface area contributed by atoms with Gasteiger partial charge in [0.25, 0.3) is 5.23 Å². The molecule has 0 N–H and O–H groups in total. The SMILES string of the molecule is COc1cc(OC)c2c(=O)c(OCCC[SH]3C=NN=C3OS(=O)(=O)c3cccc(F)c3)c(-c3cc(OC)c(OC)c(OC)c3)oc2c1. The summed E-state index contributed by atoms with van der Waals surface area (Å²) in [5.74, 6) is 1.21. The maximum Gasteiger partial charge on any atom is 0.341 e. The van der Waals surface area contributed by atoms with Crippen LogP contribution in [-0.4, -0.2) is 67.1 Å². The van der Waals surface area contributed by atoms with E-state index >= 15 is 0 Å². The lowest BCUT2D eigenvalue weighted by atomic mass is 10.1. The number of thiol groups is 1. The van der Waals surface area contributed by atoms with E-state index in [1.165, 1.54) is 53.2 Å². The number of halogens is 1. The molecule has 0 saturated carbocycles. The molecule has 250 valence electrons. The molecule has 3 aromatic carbocycles. The third kappa shape index (κ3) is 6.92. The minimum Gasteiger partial charge on any atom is -0.496 e. The standard InChI is InChI=1S/C31H31FN2O11S2/c1-38-20-15-22(39-2)26-23(16-20)44-28(18-12-24(40-3)29(42-5)25(13-18)41-4)30(27(26)35)43-10-7-11-46-17-33-34-31(46)45-47(36,37)21-9-6-8-19(32)14-21/h6,8-9,12-17,46H,7,10-11H2,1-5H3. The van der Waals surface area contributed by atoms with E-state index in [4.69, 9.17) is 37.0 Å². The normalized spacial score (nSPS) is 14.9. The summed E-state index contributed by atoms with van der Waals surface area (Å²) < 4.78 is 83.9. The molecule has 5 rings (SSSR count). The monoisotopic (exact) mass is 690 g/mol. The molecule has 4 aromatic rings. The Hall–Kier alpha value is -4.96. The molecule has 13 nitrogen and oxygen atoms in total. The summed E-state index contributed by atoms with van der Waals surface area (Å²) in [5, 5.41) is 7.68. The van der Waals surface area contributed by atoms with Gasteiger partial charge in [-0.05, 0) is 42.5 Å². The first-order valence-corrected chi connectivity index (χ1v) is 16.9. The zero-order chi connectivity index (χ0) is 33.7. The molecule has 0 saturated heterocycles.